The number of nitrogens with two attached hydrogens (primary N) is 1. The molecule has 122 valence electrons. The molecule has 0 bridgehead atoms. The molecule has 0 spiro atoms. The number of benzene rings is 2. The van der Waals surface area contributed by atoms with Crippen molar-refractivity contribution in [2.75, 3.05) is 37.6 Å². The van der Waals surface area contributed by atoms with E-state index in [0.29, 0.717) is 18.5 Å². The predicted molar refractivity (Wildman–Crippen MR) is 93.1 cm³/mol. The lowest BCUT2D eigenvalue weighted by molar-refractivity contribution is 0.250. The highest BCUT2D eigenvalue weighted by atomic mass is 19.1. The summed E-state index contributed by atoms with van der Waals surface area (Å²) in [5.74, 6) is -0.139. The minimum absolute atomic E-state index is 0.139. The highest BCUT2D eigenvalue weighted by Gasteiger charge is 2.18. The molecular formula is C19H24FN3. The van der Waals surface area contributed by atoms with Crippen molar-refractivity contribution in [1.29, 1.82) is 0 Å². The van der Waals surface area contributed by atoms with Gasteiger partial charge in [-0.15, -0.1) is 0 Å². The maximum atomic E-state index is 14.1. The van der Waals surface area contributed by atoms with Gasteiger partial charge in [0.05, 0.1) is 0 Å². The van der Waals surface area contributed by atoms with Crippen LogP contribution in [0.1, 0.15) is 11.1 Å². The van der Waals surface area contributed by atoms with E-state index in [1.807, 2.05) is 18.2 Å². The third-order valence-corrected chi connectivity index (χ3v) is 4.44. The first kappa shape index (κ1) is 16.0. The normalized spacial score (nSPS) is 15.8. The maximum Gasteiger partial charge on any atom is 0.128 e. The van der Waals surface area contributed by atoms with Gasteiger partial charge in [0.25, 0.3) is 0 Å². The van der Waals surface area contributed by atoms with Crippen LogP contribution in [-0.2, 0) is 13.0 Å². The van der Waals surface area contributed by atoms with E-state index in [-0.39, 0.29) is 5.82 Å². The average Bonchev–Trinajstić information content (AvgIpc) is 2.58. The van der Waals surface area contributed by atoms with E-state index in [9.17, 15) is 4.39 Å². The average molecular weight is 313 g/mol. The second kappa shape index (κ2) is 7.57. The van der Waals surface area contributed by atoms with Crippen molar-refractivity contribution >= 4 is 5.69 Å². The molecule has 0 aliphatic carbocycles. The third-order valence-electron chi connectivity index (χ3n) is 4.44. The predicted octanol–water partition coefficient (Wildman–Crippen LogP) is 2.65. The number of hydrogen-bond acceptors (Lipinski definition) is 3. The van der Waals surface area contributed by atoms with E-state index < -0.39 is 0 Å². The number of piperazine rings is 1. The second-order valence-electron chi connectivity index (χ2n) is 6.06. The Morgan fingerprint density at radius 1 is 0.957 bits per heavy atom. The molecule has 3 nitrogen and oxygen atoms in total. The fraction of sp³-hybridized carbons (Fsp3) is 0.368. The molecule has 0 saturated carbocycles. The lowest BCUT2D eigenvalue weighted by Gasteiger charge is -2.36. The summed E-state index contributed by atoms with van der Waals surface area (Å²) >= 11 is 0. The van der Waals surface area contributed by atoms with Crippen LogP contribution in [0.5, 0.6) is 0 Å². The molecule has 3 rings (SSSR count). The van der Waals surface area contributed by atoms with Crippen molar-refractivity contribution in [3.63, 3.8) is 0 Å². The van der Waals surface area contributed by atoms with Gasteiger partial charge in [-0.3, -0.25) is 4.90 Å². The molecule has 0 unspecified atom stereocenters. The second-order valence-corrected chi connectivity index (χ2v) is 6.06. The van der Waals surface area contributed by atoms with Crippen molar-refractivity contribution < 1.29 is 4.39 Å². The van der Waals surface area contributed by atoms with E-state index in [0.717, 1.165) is 38.4 Å². The van der Waals surface area contributed by atoms with Crippen LogP contribution in [0, 0.1) is 5.82 Å². The van der Waals surface area contributed by atoms with Crippen molar-refractivity contribution in [2.45, 2.75) is 13.0 Å². The molecule has 1 fully saturated rings. The van der Waals surface area contributed by atoms with Gasteiger partial charge < -0.3 is 10.6 Å². The van der Waals surface area contributed by atoms with Crippen molar-refractivity contribution in [2.24, 2.45) is 5.73 Å². The fourth-order valence-corrected chi connectivity index (χ4v) is 3.10. The monoisotopic (exact) mass is 313 g/mol. The van der Waals surface area contributed by atoms with E-state index in [4.69, 9.17) is 5.73 Å². The molecule has 4 heteroatoms. The number of anilines is 1. The fourth-order valence-electron chi connectivity index (χ4n) is 3.10. The van der Waals surface area contributed by atoms with Gasteiger partial charge in [-0.25, -0.2) is 4.39 Å². The Balaban J connectivity index is 1.57. The Morgan fingerprint density at radius 3 is 2.35 bits per heavy atom. The zero-order valence-corrected chi connectivity index (χ0v) is 13.4. The van der Waals surface area contributed by atoms with Crippen LogP contribution in [0.2, 0.25) is 0 Å². The topological polar surface area (TPSA) is 32.5 Å². The van der Waals surface area contributed by atoms with Crippen LogP contribution < -0.4 is 10.6 Å². The van der Waals surface area contributed by atoms with Crippen LogP contribution >= 0.6 is 0 Å². The molecule has 1 aliphatic rings. The molecule has 1 saturated heterocycles. The molecule has 23 heavy (non-hydrogen) atoms. The van der Waals surface area contributed by atoms with Gasteiger partial charge in [0, 0.05) is 38.4 Å². The highest BCUT2D eigenvalue weighted by molar-refractivity contribution is 5.48. The van der Waals surface area contributed by atoms with Crippen LogP contribution in [-0.4, -0.2) is 37.6 Å². The molecule has 1 heterocycles. The van der Waals surface area contributed by atoms with Gasteiger partial charge in [0.15, 0.2) is 0 Å². The Hall–Kier alpha value is -1.91. The summed E-state index contributed by atoms with van der Waals surface area (Å²) in [5.41, 5.74) is 8.53. The number of halogens is 1. The molecular weight excluding hydrogens is 289 g/mol. The lowest BCUT2D eigenvalue weighted by Crippen LogP contribution is -2.46. The van der Waals surface area contributed by atoms with Gasteiger partial charge in [-0.2, -0.15) is 0 Å². The summed E-state index contributed by atoms with van der Waals surface area (Å²) < 4.78 is 14.1. The van der Waals surface area contributed by atoms with Crippen LogP contribution in [0.3, 0.4) is 0 Å². The molecule has 1 aliphatic heterocycles. The summed E-state index contributed by atoms with van der Waals surface area (Å²) in [6.07, 6.45) is 0.594. The first-order chi connectivity index (χ1) is 11.3. The summed E-state index contributed by atoms with van der Waals surface area (Å²) in [7, 11) is 0. The molecule has 0 aromatic heterocycles. The van der Waals surface area contributed by atoms with Crippen molar-refractivity contribution in [3.05, 3.63) is 65.5 Å². The van der Waals surface area contributed by atoms with E-state index in [2.05, 4.69) is 34.1 Å². The highest BCUT2D eigenvalue weighted by Crippen LogP contribution is 2.21. The van der Waals surface area contributed by atoms with Crippen LogP contribution in [0.25, 0.3) is 0 Å². The van der Waals surface area contributed by atoms with Gasteiger partial charge >= 0.3 is 0 Å². The van der Waals surface area contributed by atoms with E-state index in [1.54, 1.807) is 6.07 Å². The van der Waals surface area contributed by atoms with Gasteiger partial charge in [-0.1, -0.05) is 36.4 Å². The molecule has 2 N–H and O–H groups in total. The van der Waals surface area contributed by atoms with Gasteiger partial charge in [0.2, 0.25) is 0 Å². The quantitative estimate of drug-likeness (QED) is 0.921. The standard InChI is InChI=1S/C19H24FN3/c20-19-14-18(7-6-17(19)8-9-21)23-12-10-22(11-13-23)15-16-4-2-1-3-5-16/h1-7,14H,8-13,15,21H2. The van der Waals surface area contributed by atoms with Crippen molar-refractivity contribution in [3.8, 4) is 0 Å². The summed E-state index contributed by atoms with van der Waals surface area (Å²) in [6, 6.07) is 16.1. The minimum Gasteiger partial charge on any atom is -0.369 e. The SMILES string of the molecule is NCCc1ccc(N2CCN(Cc3ccccc3)CC2)cc1F. The zero-order valence-electron chi connectivity index (χ0n) is 13.4. The van der Waals surface area contributed by atoms with Crippen LogP contribution in [0.15, 0.2) is 48.5 Å². The molecule has 2 aromatic carbocycles. The molecule has 0 radical (unpaired) electrons. The number of rotatable bonds is 5. The summed E-state index contributed by atoms with van der Waals surface area (Å²) in [5, 5.41) is 0. The number of hydrogen-bond donors (Lipinski definition) is 1. The molecule has 0 atom stereocenters. The van der Waals surface area contributed by atoms with Gasteiger partial charge in [0.1, 0.15) is 5.82 Å². The smallest absolute Gasteiger partial charge is 0.128 e. The third kappa shape index (κ3) is 4.09. The Labute approximate surface area is 137 Å². The van der Waals surface area contributed by atoms with E-state index in [1.165, 1.54) is 5.56 Å². The Kier molecular flexibility index (Phi) is 5.26. The Bertz CT molecular complexity index is 622. The summed E-state index contributed by atoms with van der Waals surface area (Å²) in [6.45, 7) is 5.33. The molecule has 0 amide bonds. The van der Waals surface area contributed by atoms with E-state index >= 15 is 0 Å². The van der Waals surface area contributed by atoms with Crippen LogP contribution in [0.4, 0.5) is 10.1 Å². The van der Waals surface area contributed by atoms with Gasteiger partial charge in [-0.05, 0) is 36.2 Å². The van der Waals surface area contributed by atoms with Crippen molar-refractivity contribution in [1.82, 2.24) is 4.90 Å². The largest absolute Gasteiger partial charge is 0.369 e. The number of nitrogens with zero attached hydrogens (tertiary/aromatic N) is 2. The zero-order chi connectivity index (χ0) is 16.1. The lowest BCUT2D eigenvalue weighted by atomic mass is 10.1. The minimum atomic E-state index is -0.139. The molecule has 2 aromatic rings. The maximum absolute atomic E-state index is 14.1. The summed E-state index contributed by atoms with van der Waals surface area (Å²) in [4.78, 5) is 4.71. The Morgan fingerprint density at radius 2 is 1.70 bits per heavy atom. The first-order valence-corrected chi connectivity index (χ1v) is 8.26. The first-order valence-electron chi connectivity index (χ1n) is 8.26.